The normalized spacial score (nSPS) is 22.0. The number of carbonyl (C=O) groups is 4. The number of carbonyl (C=O) groups excluding carboxylic acids is 4. The highest BCUT2D eigenvalue weighted by Crippen LogP contribution is 2.24. The van der Waals surface area contributed by atoms with Crippen molar-refractivity contribution in [1.29, 1.82) is 0 Å². The zero-order valence-corrected chi connectivity index (χ0v) is 17.1. The average Bonchev–Trinajstić information content (AvgIpc) is 2.63. The third kappa shape index (κ3) is 7.32. The van der Waals surface area contributed by atoms with Crippen molar-refractivity contribution in [1.82, 2.24) is 0 Å². The average molecular weight is 394 g/mol. The van der Waals surface area contributed by atoms with Gasteiger partial charge in [0.2, 0.25) is 0 Å². The first kappa shape index (κ1) is 23.7. The van der Waals surface area contributed by atoms with Gasteiger partial charge in [-0.2, -0.15) is 0 Å². The maximum atomic E-state index is 11.9. The van der Waals surface area contributed by atoms with Crippen LogP contribution in [0.15, 0.2) is 9.98 Å². The van der Waals surface area contributed by atoms with E-state index in [9.17, 15) is 19.2 Å². The van der Waals surface area contributed by atoms with Crippen LogP contribution in [0, 0.1) is 11.8 Å². The summed E-state index contributed by atoms with van der Waals surface area (Å²) in [5.41, 5.74) is 0. The van der Waals surface area contributed by atoms with Gasteiger partial charge in [0, 0.05) is 12.4 Å². The first-order valence-corrected chi connectivity index (χ1v) is 9.72. The number of Topliss-reactive ketones (excluding diaryl/α,β-unsaturated/α-hetero) is 2. The number of esters is 2. The van der Waals surface area contributed by atoms with Crippen molar-refractivity contribution in [3.05, 3.63) is 0 Å². The van der Waals surface area contributed by atoms with E-state index in [0.29, 0.717) is 0 Å². The molecule has 1 rings (SSSR count). The summed E-state index contributed by atoms with van der Waals surface area (Å²) in [4.78, 5) is 56.2. The van der Waals surface area contributed by atoms with Crippen molar-refractivity contribution in [2.45, 2.75) is 65.5 Å². The van der Waals surface area contributed by atoms with E-state index in [1.165, 1.54) is 26.3 Å². The fourth-order valence-corrected chi connectivity index (χ4v) is 2.96. The summed E-state index contributed by atoms with van der Waals surface area (Å²) in [5, 5.41) is 0. The molecule has 0 aliphatic heterocycles. The van der Waals surface area contributed by atoms with E-state index < -0.39 is 23.8 Å². The topological polar surface area (TPSA) is 111 Å². The summed E-state index contributed by atoms with van der Waals surface area (Å²) in [6, 6.07) is -0.452. The van der Waals surface area contributed by atoms with Crippen LogP contribution in [-0.4, -0.2) is 61.2 Å². The molecule has 4 atom stereocenters. The molecule has 1 aliphatic carbocycles. The van der Waals surface area contributed by atoms with Crippen LogP contribution in [0.2, 0.25) is 0 Å². The quantitative estimate of drug-likeness (QED) is 0.318. The van der Waals surface area contributed by atoms with Crippen LogP contribution in [0.1, 0.15) is 53.4 Å². The first-order valence-electron chi connectivity index (χ1n) is 9.72. The van der Waals surface area contributed by atoms with E-state index >= 15 is 0 Å². The molecule has 0 radical (unpaired) electrons. The van der Waals surface area contributed by atoms with Gasteiger partial charge in [0.15, 0.2) is 0 Å². The molecular weight excluding hydrogens is 364 g/mol. The van der Waals surface area contributed by atoms with Crippen molar-refractivity contribution >= 4 is 35.9 Å². The van der Waals surface area contributed by atoms with Crippen molar-refractivity contribution in [2.75, 3.05) is 13.2 Å². The molecule has 0 aromatic carbocycles. The fourth-order valence-electron chi connectivity index (χ4n) is 2.96. The predicted octanol–water partition coefficient (Wildman–Crippen LogP) is 1.98. The van der Waals surface area contributed by atoms with Crippen molar-refractivity contribution in [2.24, 2.45) is 21.8 Å². The molecule has 28 heavy (non-hydrogen) atoms. The Balaban J connectivity index is 2.92. The Morgan fingerprint density at radius 3 is 1.46 bits per heavy atom. The maximum Gasteiger partial charge on any atom is 0.321 e. The van der Waals surface area contributed by atoms with Crippen molar-refractivity contribution in [3.8, 4) is 0 Å². The van der Waals surface area contributed by atoms with E-state index in [0.717, 1.165) is 25.7 Å². The highest BCUT2D eigenvalue weighted by atomic mass is 16.5. The van der Waals surface area contributed by atoms with Crippen LogP contribution in [0.3, 0.4) is 0 Å². The summed E-state index contributed by atoms with van der Waals surface area (Å²) in [6.07, 6.45) is 6.07. The van der Waals surface area contributed by atoms with Crippen LogP contribution in [0.4, 0.5) is 0 Å². The lowest BCUT2D eigenvalue weighted by Gasteiger charge is -2.26. The van der Waals surface area contributed by atoms with Gasteiger partial charge in [-0.3, -0.25) is 29.2 Å². The summed E-state index contributed by atoms with van der Waals surface area (Å²) in [7, 11) is 0. The molecule has 0 amide bonds. The van der Waals surface area contributed by atoms with E-state index in [1.54, 1.807) is 13.8 Å². The lowest BCUT2D eigenvalue weighted by molar-refractivity contribution is -0.149. The molecule has 0 aromatic rings. The summed E-state index contributed by atoms with van der Waals surface area (Å²) >= 11 is 0. The molecule has 8 nitrogen and oxygen atoms in total. The number of ether oxygens (including phenoxy) is 2. The van der Waals surface area contributed by atoms with Crippen molar-refractivity contribution < 1.29 is 28.7 Å². The molecule has 2 unspecified atom stereocenters. The zero-order chi connectivity index (χ0) is 21.1. The SMILES string of the molecule is CCOC(=O)C(C=N[C@@H]1CCCC[C@H]1N=CC(C(C)=O)C(=O)OCC)C(C)=O. The van der Waals surface area contributed by atoms with Crippen LogP contribution in [0.25, 0.3) is 0 Å². The third-order valence-corrected chi connectivity index (χ3v) is 4.50. The van der Waals surface area contributed by atoms with Gasteiger partial charge < -0.3 is 9.47 Å². The fraction of sp³-hybridized carbons (Fsp3) is 0.700. The molecular formula is C20H30N2O6. The summed E-state index contributed by atoms with van der Waals surface area (Å²) in [5.74, 6) is -3.97. The number of rotatable bonds is 10. The molecule has 0 N–H and O–H groups in total. The predicted molar refractivity (Wildman–Crippen MR) is 105 cm³/mol. The Hall–Kier alpha value is -2.38. The molecule has 1 saturated carbocycles. The number of hydrogen-bond donors (Lipinski definition) is 0. The van der Waals surface area contributed by atoms with Gasteiger partial charge in [0.05, 0.1) is 25.3 Å². The van der Waals surface area contributed by atoms with Crippen LogP contribution < -0.4 is 0 Å². The summed E-state index contributed by atoms with van der Waals surface area (Å²) in [6.45, 7) is 6.36. The Labute approximate surface area is 165 Å². The highest BCUT2D eigenvalue weighted by molar-refractivity contribution is 6.11. The van der Waals surface area contributed by atoms with Gasteiger partial charge in [-0.25, -0.2) is 0 Å². The largest absolute Gasteiger partial charge is 0.465 e. The van der Waals surface area contributed by atoms with Crippen LogP contribution in [0.5, 0.6) is 0 Å². The molecule has 0 aromatic heterocycles. The van der Waals surface area contributed by atoms with Crippen molar-refractivity contribution in [3.63, 3.8) is 0 Å². The first-order chi connectivity index (χ1) is 13.3. The second kappa shape index (κ2) is 12.2. The third-order valence-electron chi connectivity index (χ3n) is 4.50. The van der Waals surface area contributed by atoms with Gasteiger partial charge in [-0.05, 0) is 40.5 Å². The number of ketones is 2. The lowest BCUT2D eigenvalue weighted by atomic mass is 9.90. The Morgan fingerprint density at radius 1 is 0.821 bits per heavy atom. The molecule has 156 valence electrons. The van der Waals surface area contributed by atoms with E-state index in [2.05, 4.69) is 9.98 Å². The zero-order valence-electron chi connectivity index (χ0n) is 17.1. The minimum absolute atomic E-state index is 0.188. The van der Waals surface area contributed by atoms with Crippen LogP contribution >= 0.6 is 0 Å². The van der Waals surface area contributed by atoms with Gasteiger partial charge >= 0.3 is 11.9 Å². The van der Waals surface area contributed by atoms with Gasteiger partial charge in [0.25, 0.3) is 0 Å². The standard InChI is InChI=1S/C20H30N2O6/c1-5-27-19(25)15(13(3)23)11-21-17-9-7-8-10-18(17)22-12-16(14(4)24)20(26)28-6-2/h11-12,15-18H,5-10H2,1-4H3/t15?,16?,17-,18-/m1/s1. The molecule has 1 aliphatic rings. The van der Waals surface area contributed by atoms with E-state index in [1.807, 2.05) is 0 Å². The maximum absolute atomic E-state index is 11.9. The smallest absolute Gasteiger partial charge is 0.321 e. The second-order valence-corrected chi connectivity index (χ2v) is 6.70. The Morgan fingerprint density at radius 2 is 1.18 bits per heavy atom. The van der Waals surface area contributed by atoms with Crippen LogP contribution in [-0.2, 0) is 28.7 Å². The number of hydrogen-bond acceptors (Lipinski definition) is 8. The number of aliphatic imine (C=N–C) groups is 2. The Kier molecular flexibility index (Phi) is 10.3. The van der Waals surface area contributed by atoms with Gasteiger partial charge in [-0.1, -0.05) is 12.8 Å². The lowest BCUT2D eigenvalue weighted by Crippen LogP contribution is -2.31. The van der Waals surface area contributed by atoms with Gasteiger partial charge in [0.1, 0.15) is 23.4 Å². The monoisotopic (exact) mass is 394 g/mol. The van der Waals surface area contributed by atoms with E-state index in [-0.39, 0.29) is 36.9 Å². The molecule has 0 bridgehead atoms. The Bertz CT molecular complexity index is 574. The molecule has 0 spiro atoms. The minimum atomic E-state index is -1.03. The highest BCUT2D eigenvalue weighted by Gasteiger charge is 2.28. The second-order valence-electron chi connectivity index (χ2n) is 6.70. The van der Waals surface area contributed by atoms with E-state index in [4.69, 9.17) is 9.47 Å². The number of nitrogens with zero attached hydrogens (tertiary/aromatic N) is 2. The molecule has 8 heteroatoms. The minimum Gasteiger partial charge on any atom is -0.465 e. The molecule has 1 fully saturated rings. The molecule has 0 saturated heterocycles. The van der Waals surface area contributed by atoms with Gasteiger partial charge in [-0.15, -0.1) is 0 Å². The summed E-state index contributed by atoms with van der Waals surface area (Å²) < 4.78 is 9.83. The molecule has 0 heterocycles.